The van der Waals surface area contributed by atoms with E-state index >= 15 is 0 Å². The zero-order chi connectivity index (χ0) is 15.0. The Hall–Kier alpha value is -1.69. The van der Waals surface area contributed by atoms with Gasteiger partial charge in [0.05, 0.1) is 6.04 Å². The van der Waals surface area contributed by atoms with Crippen molar-refractivity contribution < 1.29 is 13.6 Å². The van der Waals surface area contributed by atoms with Gasteiger partial charge in [-0.25, -0.2) is 8.78 Å². The number of piperidine rings is 1. The average Bonchev–Trinajstić information content (AvgIpc) is 2.46. The molecule has 0 saturated carbocycles. The Balaban J connectivity index is 1.75. The van der Waals surface area contributed by atoms with Crippen molar-refractivity contribution in [3.8, 4) is 0 Å². The third-order valence-electron chi connectivity index (χ3n) is 4.34. The molecule has 3 rings (SSSR count). The van der Waals surface area contributed by atoms with E-state index in [1.807, 2.05) is 30.1 Å². The van der Waals surface area contributed by atoms with E-state index in [2.05, 4.69) is 10.6 Å². The van der Waals surface area contributed by atoms with Crippen LogP contribution in [0.5, 0.6) is 0 Å². The van der Waals surface area contributed by atoms with Crippen molar-refractivity contribution >= 4 is 17.3 Å². The summed E-state index contributed by atoms with van der Waals surface area (Å²) in [4.78, 5) is 14.1. The summed E-state index contributed by atoms with van der Waals surface area (Å²) >= 11 is 0. The molecule has 2 heterocycles. The molecule has 2 aliphatic heterocycles. The lowest BCUT2D eigenvalue weighted by atomic mass is 9.95. The van der Waals surface area contributed by atoms with Gasteiger partial charge < -0.3 is 10.6 Å². The Morgan fingerprint density at radius 1 is 1.33 bits per heavy atom. The molecule has 0 bridgehead atoms. The highest BCUT2D eigenvalue weighted by molar-refractivity contribution is 5.98. The maximum absolute atomic E-state index is 13.2. The van der Waals surface area contributed by atoms with Crippen molar-refractivity contribution in [1.82, 2.24) is 4.90 Å². The monoisotopic (exact) mass is 295 g/mol. The van der Waals surface area contributed by atoms with E-state index in [0.717, 1.165) is 16.9 Å². The van der Waals surface area contributed by atoms with Crippen LogP contribution in [0, 0.1) is 0 Å². The second-order valence-electron chi connectivity index (χ2n) is 5.72. The molecule has 1 amide bonds. The fourth-order valence-electron chi connectivity index (χ4n) is 3.00. The van der Waals surface area contributed by atoms with Crippen LogP contribution in [0.3, 0.4) is 0 Å². The number of hydrogen-bond donors (Lipinski definition) is 2. The number of anilines is 2. The third kappa shape index (κ3) is 2.85. The van der Waals surface area contributed by atoms with Gasteiger partial charge in [0.25, 0.3) is 5.92 Å². The molecule has 6 heteroatoms. The second kappa shape index (κ2) is 5.26. The van der Waals surface area contributed by atoms with Crippen LogP contribution in [0.4, 0.5) is 20.2 Å². The number of amides is 1. The van der Waals surface area contributed by atoms with E-state index < -0.39 is 5.92 Å². The largest absolute Gasteiger partial charge is 0.388 e. The quantitative estimate of drug-likeness (QED) is 0.880. The number of halogens is 2. The van der Waals surface area contributed by atoms with E-state index in [4.69, 9.17) is 0 Å². The molecule has 21 heavy (non-hydrogen) atoms. The number of alkyl halides is 2. The molecule has 0 aliphatic carbocycles. The Labute approximate surface area is 122 Å². The van der Waals surface area contributed by atoms with Gasteiger partial charge in [-0.15, -0.1) is 0 Å². The molecular weight excluding hydrogens is 276 g/mol. The van der Waals surface area contributed by atoms with E-state index in [9.17, 15) is 13.6 Å². The van der Waals surface area contributed by atoms with Crippen LogP contribution in [0.25, 0.3) is 0 Å². The summed E-state index contributed by atoms with van der Waals surface area (Å²) in [6.45, 7) is 0.546. The first-order valence-electron chi connectivity index (χ1n) is 7.22. The molecule has 0 aromatic heterocycles. The normalized spacial score (nSPS) is 25.1. The molecule has 1 aromatic carbocycles. The minimum atomic E-state index is -2.58. The smallest absolute Gasteiger partial charge is 0.250 e. The molecule has 1 saturated heterocycles. The number of fused-ring (bicyclic) bond motifs is 1. The molecule has 4 nitrogen and oxygen atoms in total. The van der Waals surface area contributed by atoms with Gasteiger partial charge >= 0.3 is 0 Å². The van der Waals surface area contributed by atoms with Crippen LogP contribution >= 0.6 is 0 Å². The van der Waals surface area contributed by atoms with Crippen LogP contribution < -0.4 is 10.6 Å². The topological polar surface area (TPSA) is 44.4 Å². The van der Waals surface area contributed by atoms with Crippen molar-refractivity contribution in [2.45, 2.75) is 31.2 Å². The van der Waals surface area contributed by atoms with Crippen molar-refractivity contribution in [3.63, 3.8) is 0 Å². The number of likely N-dealkylation sites (tertiary alicyclic amines) is 1. The lowest BCUT2D eigenvalue weighted by molar-refractivity contribution is -0.125. The number of carbonyl (C=O) groups is 1. The molecule has 114 valence electrons. The van der Waals surface area contributed by atoms with Crippen molar-refractivity contribution in [2.24, 2.45) is 0 Å². The van der Waals surface area contributed by atoms with E-state index in [-0.39, 0.29) is 37.9 Å². The van der Waals surface area contributed by atoms with E-state index in [0.29, 0.717) is 6.42 Å². The van der Waals surface area contributed by atoms with Crippen LogP contribution in [0.1, 0.15) is 18.4 Å². The lowest BCUT2D eigenvalue weighted by Gasteiger charge is -2.38. The first-order valence-corrected chi connectivity index (χ1v) is 7.22. The van der Waals surface area contributed by atoms with Crippen molar-refractivity contribution in [2.75, 3.05) is 30.8 Å². The fourth-order valence-corrected chi connectivity index (χ4v) is 3.00. The summed E-state index contributed by atoms with van der Waals surface area (Å²) in [5, 5.41) is 5.93. The number of carbonyl (C=O) groups excluding carboxylic acids is 1. The summed E-state index contributed by atoms with van der Waals surface area (Å²) < 4.78 is 26.5. The van der Waals surface area contributed by atoms with Gasteiger partial charge in [0.1, 0.15) is 0 Å². The summed E-state index contributed by atoms with van der Waals surface area (Å²) in [7, 11) is 1.82. The zero-order valence-corrected chi connectivity index (χ0v) is 12.0. The molecule has 0 radical (unpaired) electrons. The molecule has 0 spiro atoms. The van der Waals surface area contributed by atoms with Crippen molar-refractivity contribution in [1.29, 1.82) is 0 Å². The Kier molecular flexibility index (Phi) is 3.57. The predicted octanol–water partition coefficient (Wildman–Crippen LogP) is 2.32. The lowest BCUT2D eigenvalue weighted by Crippen LogP contribution is -2.52. The molecule has 1 unspecified atom stereocenters. The standard InChI is InChI=1S/C15H19F2N3O/c1-18-11-3-2-10-8-13(14(21)19-12(10)9-11)20-6-4-15(16,17)5-7-20/h2-3,9,13,18H,4-8H2,1H3,(H,19,21). The number of rotatable bonds is 2. The highest BCUT2D eigenvalue weighted by Gasteiger charge is 2.39. The zero-order valence-electron chi connectivity index (χ0n) is 12.0. The maximum Gasteiger partial charge on any atom is 0.250 e. The molecule has 2 N–H and O–H groups in total. The minimum Gasteiger partial charge on any atom is -0.388 e. The number of benzene rings is 1. The number of nitrogens with zero attached hydrogens (tertiary/aromatic N) is 1. The van der Waals surface area contributed by atoms with Gasteiger partial charge in [0, 0.05) is 44.4 Å². The predicted molar refractivity (Wildman–Crippen MR) is 77.9 cm³/mol. The summed E-state index contributed by atoms with van der Waals surface area (Å²) in [6.07, 6.45) is 0.251. The van der Waals surface area contributed by atoms with Crippen LogP contribution in [0.2, 0.25) is 0 Å². The first-order chi connectivity index (χ1) is 9.98. The Morgan fingerprint density at radius 3 is 2.71 bits per heavy atom. The van der Waals surface area contributed by atoms with Crippen LogP contribution in [-0.4, -0.2) is 42.9 Å². The third-order valence-corrected chi connectivity index (χ3v) is 4.34. The van der Waals surface area contributed by atoms with Crippen LogP contribution in [0.15, 0.2) is 18.2 Å². The summed E-state index contributed by atoms with van der Waals surface area (Å²) in [6, 6.07) is 5.49. The highest BCUT2D eigenvalue weighted by atomic mass is 19.3. The van der Waals surface area contributed by atoms with Gasteiger partial charge in [0.2, 0.25) is 5.91 Å². The molecule has 1 aromatic rings. The first kappa shape index (κ1) is 14.3. The van der Waals surface area contributed by atoms with Gasteiger partial charge in [-0.05, 0) is 24.1 Å². The van der Waals surface area contributed by atoms with Crippen LogP contribution in [-0.2, 0) is 11.2 Å². The molecule has 1 atom stereocenters. The molecular formula is C15H19F2N3O. The summed E-state index contributed by atoms with van der Waals surface area (Å²) in [5.41, 5.74) is 2.80. The van der Waals surface area contributed by atoms with Gasteiger partial charge in [-0.1, -0.05) is 6.07 Å². The molecule has 2 aliphatic rings. The van der Waals surface area contributed by atoms with Gasteiger partial charge in [-0.3, -0.25) is 9.69 Å². The minimum absolute atomic E-state index is 0.0963. The fraction of sp³-hybridized carbons (Fsp3) is 0.533. The van der Waals surface area contributed by atoms with E-state index in [1.165, 1.54) is 0 Å². The van der Waals surface area contributed by atoms with E-state index in [1.54, 1.807) is 0 Å². The second-order valence-corrected chi connectivity index (χ2v) is 5.72. The summed E-state index contributed by atoms with van der Waals surface area (Å²) in [5.74, 6) is -2.68. The number of hydrogen-bond acceptors (Lipinski definition) is 3. The maximum atomic E-state index is 13.2. The molecule has 1 fully saturated rings. The Morgan fingerprint density at radius 2 is 2.05 bits per heavy atom. The number of nitrogens with one attached hydrogen (secondary N) is 2. The Bertz CT molecular complexity index is 552. The van der Waals surface area contributed by atoms with Gasteiger partial charge in [0.15, 0.2) is 0 Å². The van der Waals surface area contributed by atoms with Gasteiger partial charge in [-0.2, -0.15) is 0 Å². The average molecular weight is 295 g/mol. The SMILES string of the molecule is CNc1ccc2c(c1)NC(=O)C(N1CCC(F)(F)CC1)C2. The highest BCUT2D eigenvalue weighted by Crippen LogP contribution is 2.32. The van der Waals surface area contributed by atoms with Crippen molar-refractivity contribution in [3.05, 3.63) is 23.8 Å².